The van der Waals surface area contributed by atoms with Gasteiger partial charge in [-0.25, -0.2) is 0 Å². The van der Waals surface area contributed by atoms with Gasteiger partial charge in [0.25, 0.3) is 0 Å². The van der Waals surface area contributed by atoms with E-state index < -0.39 is 0 Å². The Bertz CT molecular complexity index is 674. The molecule has 0 bridgehead atoms. The van der Waals surface area contributed by atoms with Crippen molar-refractivity contribution in [2.75, 3.05) is 23.5 Å². The maximum Gasteiger partial charge on any atom is 0.245 e. The topological polar surface area (TPSA) is 75.2 Å². The summed E-state index contributed by atoms with van der Waals surface area (Å²) in [5.74, 6) is 0.787. The second kappa shape index (κ2) is 6.89. The van der Waals surface area contributed by atoms with Crippen LogP contribution < -0.4 is 5.32 Å². The van der Waals surface area contributed by atoms with Gasteiger partial charge in [-0.1, -0.05) is 41.7 Å². The highest BCUT2D eigenvalue weighted by Gasteiger charge is 2.23. The van der Waals surface area contributed by atoms with Gasteiger partial charge < -0.3 is 4.90 Å². The van der Waals surface area contributed by atoms with Crippen molar-refractivity contribution >= 4 is 40.0 Å². The number of thioether (sulfide) groups is 1. The minimum absolute atomic E-state index is 0.00202. The Kier molecular flexibility index (Phi) is 4.69. The summed E-state index contributed by atoms with van der Waals surface area (Å²) >= 11 is 2.87. The summed E-state index contributed by atoms with van der Waals surface area (Å²) in [6.45, 7) is 0.0689. The largest absolute Gasteiger partial charge is 0.323 e. The highest BCUT2D eigenvalue weighted by molar-refractivity contribution is 8.00. The molecule has 1 aliphatic heterocycles. The Labute approximate surface area is 135 Å². The zero-order chi connectivity index (χ0) is 15.4. The first-order chi connectivity index (χ1) is 10.7. The second-order valence-electron chi connectivity index (χ2n) is 4.78. The number of nitrogens with zero attached hydrogens (tertiary/aromatic N) is 3. The van der Waals surface area contributed by atoms with Crippen molar-refractivity contribution in [3.63, 3.8) is 0 Å². The average molecular weight is 334 g/mol. The molecule has 114 valence electrons. The van der Waals surface area contributed by atoms with Crippen LogP contribution in [0.2, 0.25) is 0 Å². The predicted octanol–water partition coefficient (Wildman–Crippen LogP) is 1.60. The quantitative estimate of drug-likeness (QED) is 0.899. The summed E-state index contributed by atoms with van der Waals surface area (Å²) in [4.78, 5) is 24.9. The first kappa shape index (κ1) is 15.0. The van der Waals surface area contributed by atoms with Crippen molar-refractivity contribution < 1.29 is 9.59 Å². The molecule has 2 heterocycles. The van der Waals surface area contributed by atoms with Crippen molar-refractivity contribution in [1.29, 1.82) is 0 Å². The number of nitrogens with one attached hydrogen (secondary N) is 1. The SMILES string of the molecule is O=C(CN1CSCC1=O)Nc1nnc(Cc2ccccc2)s1. The monoisotopic (exact) mass is 334 g/mol. The molecule has 2 amide bonds. The summed E-state index contributed by atoms with van der Waals surface area (Å²) in [6.07, 6.45) is 0.690. The molecule has 0 aliphatic carbocycles. The van der Waals surface area contributed by atoms with E-state index in [1.807, 2.05) is 30.3 Å². The van der Waals surface area contributed by atoms with Gasteiger partial charge in [-0.05, 0) is 5.56 Å². The van der Waals surface area contributed by atoms with Crippen molar-refractivity contribution in [1.82, 2.24) is 15.1 Å². The Morgan fingerprint density at radius 1 is 1.27 bits per heavy atom. The van der Waals surface area contributed by atoms with Crippen molar-refractivity contribution in [2.45, 2.75) is 6.42 Å². The molecule has 6 nitrogen and oxygen atoms in total. The number of anilines is 1. The highest BCUT2D eigenvalue weighted by atomic mass is 32.2. The molecule has 0 atom stereocenters. The molecule has 0 saturated carbocycles. The molecule has 1 aromatic heterocycles. The summed E-state index contributed by atoms with van der Waals surface area (Å²) in [7, 11) is 0. The molecule has 0 spiro atoms. The Hall–Kier alpha value is -1.93. The van der Waals surface area contributed by atoms with Gasteiger partial charge in [-0.15, -0.1) is 22.0 Å². The average Bonchev–Trinajstić information content (AvgIpc) is 3.10. The van der Waals surface area contributed by atoms with E-state index in [2.05, 4.69) is 15.5 Å². The summed E-state index contributed by atoms with van der Waals surface area (Å²) in [6, 6.07) is 9.97. The summed E-state index contributed by atoms with van der Waals surface area (Å²) < 4.78 is 0. The van der Waals surface area contributed by atoms with Gasteiger partial charge in [0.2, 0.25) is 16.9 Å². The number of hydrogen-bond donors (Lipinski definition) is 1. The van der Waals surface area contributed by atoms with Crippen molar-refractivity contribution in [2.24, 2.45) is 0 Å². The van der Waals surface area contributed by atoms with Gasteiger partial charge in [0.15, 0.2) is 0 Å². The molecule has 2 aromatic rings. The summed E-state index contributed by atoms with van der Waals surface area (Å²) in [5.41, 5.74) is 1.15. The lowest BCUT2D eigenvalue weighted by atomic mass is 10.2. The minimum Gasteiger partial charge on any atom is -0.323 e. The Balaban J connectivity index is 1.55. The van der Waals surface area contributed by atoms with Crippen LogP contribution in [0.25, 0.3) is 0 Å². The lowest BCUT2D eigenvalue weighted by Crippen LogP contribution is -2.34. The third-order valence-electron chi connectivity index (χ3n) is 3.07. The van der Waals surface area contributed by atoms with Crippen LogP contribution >= 0.6 is 23.1 Å². The molecule has 22 heavy (non-hydrogen) atoms. The molecular formula is C14H14N4O2S2. The third kappa shape index (κ3) is 3.83. The van der Waals surface area contributed by atoms with Crippen LogP contribution in [0.3, 0.4) is 0 Å². The van der Waals surface area contributed by atoms with Crippen LogP contribution in [-0.2, 0) is 16.0 Å². The Morgan fingerprint density at radius 3 is 2.82 bits per heavy atom. The third-order valence-corrected chi connectivity index (χ3v) is 4.86. The maximum atomic E-state index is 11.9. The van der Waals surface area contributed by atoms with E-state index >= 15 is 0 Å². The van der Waals surface area contributed by atoms with Gasteiger partial charge in [0, 0.05) is 6.42 Å². The standard InChI is InChI=1S/C14H14N4O2S2/c19-11(7-18-9-21-8-13(18)20)15-14-17-16-12(22-14)6-10-4-2-1-3-5-10/h1-5H,6-9H2,(H,15,17,19). The predicted molar refractivity (Wildman–Crippen MR) is 86.8 cm³/mol. The van der Waals surface area contributed by atoms with Crippen LogP contribution in [0.5, 0.6) is 0 Å². The number of rotatable bonds is 5. The van der Waals surface area contributed by atoms with Crippen LogP contribution in [0, 0.1) is 0 Å². The first-order valence-electron chi connectivity index (χ1n) is 6.72. The van der Waals surface area contributed by atoms with Crippen LogP contribution in [-0.4, -0.2) is 45.1 Å². The lowest BCUT2D eigenvalue weighted by molar-refractivity contribution is -0.130. The normalized spacial score (nSPS) is 14.4. The van der Waals surface area contributed by atoms with E-state index in [-0.39, 0.29) is 18.4 Å². The second-order valence-corrected chi connectivity index (χ2v) is 6.80. The molecule has 8 heteroatoms. The van der Waals surface area contributed by atoms with E-state index in [9.17, 15) is 9.59 Å². The van der Waals surface area contributed by atoms with E-state index in [1.54, 1.807) is 0 Å². The zero-order valence-corrected chi connectivity index (χ0v) is 13.3. The molecular weight excluding hydrogens is 320 g/mol. The minimum atomic E-state index is -0.238. The number of carbonyl (C=O) groups is 2. The molecule has 1 aliphatic rings. The highest BCUT2D eigenvalue weighted by Crippen LogP contribution is 2.19. The molecule has 1 aromatic carbocycles. The van der Waals surface area contributed by atoms with E-state index in [4.69, 9.17) is 0 Å². The number of carbonyl (C=O) groups excluding carboxylic acids is 2. The molecule has 0 radical (unpaired) electrons. The van der Waals surface area contributed by atoms with E-state index in [0.717, 1.165) is 10.6 Å². The van der Waals surface area contributed by atoms with Crippen molar-refractivity contribution in [3.8, 4) is 0 Å². The number of hydrogen-bond acceptors (Lipinski definition) is 6. The lowest BCUT2D eigenvalue weighted by Gasteiger charge is -2.12. The van der Waals surface area contributed by atoms with Crippen LogP contribution in [0.1, 0.15) is 10.6 Å². The van der Waals surface area contributed by atoms with Gasteiger partial charge in [0.1, 0.15) is 11.6 Å². The Morgan fingerprint density at radius 2 is 2.09 bits per heavy atom. The van der Waals surface area contributed by atoms with E-state index in [0.29, 0.717) is 23.2 Å². The number of benzene rings is 1. The molecule has 1 fully saturated rings. The fraction of sp³-hybridized carbons (Fsp3) is 0.286. The fourth-order valence-electron chi connectivity index (χ4n) is 2.02. The van der Waals surface area contributed by atoms with Crippen LogP contribution in [0.4, 0.5) is 5.13 Å². The van der Waals surface area contributed by atoms with Crippen LogP contribution in [0.15, 0.2) is 30.3 Å². The molecule has 3 rings (SSSR count). The van der Waals surface area contributed by atoms with Gasteiger partial charge >= 0.3 is 0 Å². The smallest absolute Gasteiger partial charge is 0.245 e. The number of amides is 2. The molecule has 1 saturated heterocycles. The molecule has 1 N–H and O–H groups in total. The first-order valence-corrected chi connectivity index (χ1v) is 8.69. The van der Waals surface area contributed by atoms with Gasteiger partial charge in [-0.2, -0.15) is 0 Å². The number of aromatic nitrogens is 2. The fourth-order valence-corrected chi connectivity index (χ4v) is 3.71. The van der Waals surface area contributed by atoms with Gasteiger partial charge in [0.05, 0.1) is 11.6 Å². The van der Waals surface area contributed by atoms with Gasteiger partial charge in [-0.3, -0.25) is 14.9 Å². The zero-order valence-electron chi connectivity index (χ0n) is 11.7. The van der Waals surface area contributed by atoms with E-state index in [1.165, 1.54) is 28.0 Å². The van der Waals surface area contributed by atoms with Crippen molar-refractivity contribution in [3.05, 3.63) is 40.9 Å². The maximum absolute atomic E-state index is 11.9. The summed E-state index contributed by atoms with van der Waals surface area (Å²) in [5, 5.41) is 12.1. The molecule has 0 unspecified atom stereocenters.